The predicted molar refractivity (Wildman–Crippen MR) is 121 cm³/mol. The number of benzene rings is 4. The number of thiol groups is 1. The van der Waals surface area contributed by atoms with Gasteiger partial charge in [-0.05, 0) is 41.1 Å². The molecule has 0 aromatic heterocycles. The molecule has 0 saturated heterocycles. The Morgan fingerprint density at radius 1 is 0.781 bits per heavy atom. The van der Waals surface area contributed by atoms with Gasteiger partial charge in [0.2, 0.25) is 0 Å². The van der Waals surface area contributed by atoms with Crippen molar-refractivity contribution >= 4 is 65.8 Å². The summed E-state index contributed by atoms with van der Waals surface area (Å²) in [5, 5.41) is 19.7. The van der Waals surface area contributed by atoms with E-state index in [4.69, 9.17) is 0 Å². The molecule has 9 nitrogen and oxygen atoms in total. The minimum absolute atomic E-state index is 0.0185. The number of fused-ring (bicyclic) bond motifs is 2. The maximum absolute atomic E-state index is 12.0. The number of nitrogens with zero attached hydrogens (tertiary/aromatic N) is 2. The number of hydrogen-bond donors (Lipinski definition) is 4. The van der Waals surface area contributed by atoms with Gasteiger partial charge in [0.05, 0.1) is 10.6 Å². The van der Waals surface area contributed by atoms with Crippen molar-refractivity contribution in [3.8, 4) is 5.75 Å². The SMILES string of the molecule is O=S(=O)(O)c1cc(S(=O)(=O)O)c2c(N=Nc3ccc(S)c4ccccc34)c(O)ccc2c1. The average Bonchev–Trinajstić information content (AvgIpc) is 2.72. The molecule has 164 valence electrons. The molecule has 0 atom stereocenters. The second-order valence-electron chi connectivity index (χ2n) is 6.75. The van der Waals surface area contributed by atoms with Gasteiger partial charge >= 0.3 is 0 Å². The molecular weight excluding hydrogens is 476 g/mol. The molecule has 4 aromatic carbocycles. The van der Waals surface area contributed by atoms with Crippen LogP contribution in [0.4, 0.5) is 11.4 Å². The van der Waals surface area contributed by atoms with Gasteiger partial charge < -0.3 is 5.11 Å². The van der Waals surface area contributed by atoms with Crippen molar-refractivity contribution < 1.29 is 31.0 Å². The highest BCUT2D eigenvalue weighted by Gasteiger charge is 2.24. The zero-order chi connectivity index (χ0) is 23.3. The monoisotopic (exact) mass is 490 g/mol. The van der Waals surface area contributed by atoms with Gasteiger partial charge in [-0.25, -0.2) is 0 Å². The van der Waals surface area contributed by atoms with Crippen molar-refractivity contribution in [1.82, 2.24) is 0 Å². The Morgan fingerprint density at radius 3 is 2.12 bits per heavy atom. The molecule has 3 N–H and O–H groups in total. The molecule has 0 aliphatic carbocycles. The van der Waals surface area contributed by atoms with Crippen LogP contribution in [0.15, 0.2) is 85.6 Å². The Bertz CT molecular complexity index is 1650. The van der Waals surface area contributed by atoms with E-state index in [1.54, 1.807) is 24.3 Å². The summed E-state index contributed by atoms with van der Waals surface area (Å²) in [4.78, 5) is -0.899. The van der Waals surface area contributed by atoms with Crippen LogP contribution < -0.4 is 0 Å². The minimum Gasteiger partial charge on any atom is -0.506 e. The third kappa shape index (κ3) is 4.06. The van der Waals surface area contributed by atoms with Gasteiger partial charge in [0, 0.05) is 15.7 Å². The summed E-state index contributed by atoms with van der Waals surface area (Å²) in [6, 6.07) is 14.5. The Labute approximate surface area is 188 Å². The lowest BCUT2D eigenvalue weighted by atomic mass is 10.1. The lowest BCUT2D eigenvalue weighted by molar-refractivity contribution is 0.477. The summed E-state index contributed by atoms with van der Waals surface area (Å²) < 4.78 is 66.1. The number of phenolic OH excluding ortho intramolecular Hbond substituents is 1. The molecule has 0 aliphatic rings. The third-order valence-electron chi connectivity index (χ3n) is 4.72. The van der Waals surface area contributed by atoms with E-state index in [9.17, 15) is 31.0 Å². The molecule has 12 heteroatoms. The maximum atomic E-state index is 12.0. The molecule has 0 heterocycles. The van der Waals surface area contributed by atoms with Crippen molar-refractivity contribution in [3.63, 3.8) is 0 Å². The van der Waals surface area contributed by atoms with Crippen LogP contribution in [0.5, 0.6) is 5.75 Å². The highest BCUT2D eigenvalue weighted by Crippen LogP contribution is 2.41. The second kappa shape index (κ2) is 7.83. The highest BCUT2D eigenvalue weighted by atomic mass is 32.2. The number of azo groups is 1. The fourth-order valence-corrected chi connectivity index (χ4v) is 4.92. The third-order valence-corrected chi connectivity index (χ3v) is 6.82. The first-order chi connectivity index (χ1) is 15.0. The van der Waals surface area contributed by atoms with Gasteiger partial charge in [-0.1, -0.05) is 30.3 Å². The number of aromatic hydroxyl groups is 1. The molecule has 0 saturated carbocycles. The number of rotatable bonds is 4. The van der Waals surface area contributed by atoms with Gasteiger partial charge in [-0.15, -0.1) is 22.9 Å². The first-order valence-corrected chi connectivity index (χ1v) is 12.2. The van der Waals surface area contributed by atoms with Crippen LogP contribution in [0, 0.1) is 0 Å². The van der Waals surface area contributed by atoms with E-state index < -0.39 is 35.8 Å². The van der Waals surface area contributed by atoms with E-state index in [1.807, 2.05) is 12.1 Å². The summed E-state index contributed by atoms with van der Waals surface area (Å²) >= 11 is 4.40. The molecule has 0 spiro atoms. The van der Waals surface area contributed by atoms with Gasteiger partial charge in [0.15, 0.2) is 0 Å². The van der Waals surface area contributed by atoms with Crippen LogP contribution in [0.2, 0.25) is 0 Å². The average molecular weight is 491 g/mol. The fourth-order valence-electron chi connectivity index (χ4n) is 3.28. The molecule has 0 aliphatic heterocycles. The molecular formula is C20H14N2O7S3. The number of hydrogen-bond acceptors (Lipinski definition) is 8. The highest BCUT2D eigenvalue weighted by molar-refractivity contribution is 7.86. The van der Waals surface area contributed by atoms with Crippen molar-refractivity contribution in [2.75, 3.05) is 0 Å². The maximum Gasteiger partial charge on any atom is 0.295 e. The van der Waals surface area contributed by atoms with Gasteiger partial charge in [0.1, 0.15) is 16.3 Å². The van der Waals surface area contributed by atoms with Gasteiger partial charge in [-0.2, -0.15) is 16.8 Å². The topological polar surface area (TPSA) is 154 Å². The zero-order valence-electron chi connectivity index (χ0n) is 15.9. The Kier molecular flexibility index (Phi) is 5.43. The molecule has 0 fully saturated rings. The molecule has 0 amide bonds. The van der Waals surface area contributed by atoms with Crippen LogP contribution in [-0.4, -0.2) is 31.0 Å². The summed E-state index contributed by atoms with van der Waals surface area (Å²) in [6.07, 6.45) is 0. The van der Waals surface area contributed by atoms with E-state index in [0.717, 1.165) is 17.5 Å². The van der Waals surface area contributed by atoms with E-state index in [1.165, 1.54) is 6.07 Å². The molecule has 4 rings (SSSR count). The normalized spacial score (nSPS) is 12.7. The van der Waals surface area contributed by atoms with Crippen LogP contribution >= 0.6 is 12.6 Å². The van der Waals surface area contributed by atoms with E-state index in [2.05, 4.69) is 22.9 Å². The molecule has 0 bridgehead atoms. The standard InChI is InChI=1S/C20H14N2O7S3/c23-16-7-5-11-9-12(31(24,25)26)10-18(32(27,28)29)19(11)20(16)22-21-15-6-8-17(30)14-4-2-1-3-13(14)15/h1-10,23,30H,(H,24,25,26)(H,27,28,29). The smallest absolute Gasteiger partial charge is 0.295 e. The lowest BCUT2D eigenvalue weighted by Gasteiger charge is -2.10. The molecule has 32 heavy (non-hydrogen) atoms. The Balaban J connectivity index is 2.02. The quantitative estimate of drug-likeness (QED) is 0.180. The summed E-state index contributed by atoms with van der Waals surface area (Å²) in [5.74, 6) is -0.458. The second-order valence-corrected chi connectivity index (χ2v) is 10.0. The van der Waals surface area contributed by atoms with Crippen LogP contribution in [0.1, 0.15) is 0 Å². The Hall–Kier alpha value is -3.03. The molecule has 0 radical (unpaired) electrons. The van der Waals surface area contributed by atoms with E-state index in [0.29, 0.717) is 22.0 Å². The van der Waals surface area contributed by atoms with Crippen molar-refractivity contribution in [2.45, 2.75) is 14.7 Å². The fraction of sp³-hybridized carbons (Fsp3) is 0. The first kappa shape index (κ1) is 22.2. The Morgan fingerprint density at radius 2 is 1.47 bits per heavy atom. The predicted octanol–water partition coefficient (Wildman–Crippen LogP) is 4.90. The molecule has 4 aromatic rings. The minimum atomic E-state index is -4.97. The summed E-state index contributed by atoms with van der Waals surface area (Å²) in [7, 11) is -9.76. The lowest BCUT2D eigenvalue weighted by Crippen LogP contribution is -2.04. The van der Waals surface area contributed by atoms with Crippen molar-refractivity contribution in [1.29, 1.82) is 0 Å². The van der Waals surface area contributed by atoms with E-state index in [-0.39, 0.29) is 16.5 Å². The van der Waals surface area contributed by atoms with Crippen LogP contribution in [0.3, 0.4) is 0 Å². The first-order valence-electron chi connectivity index (χ1n) is 8.84. The van der Waals surface area contributed by atoms with Crippen molar-refractivity contribution in [3.05, 3.63) is 60.7 Å². The van der Waals surface area contributed by atoms with Crippen LogP contribution in [0.25, 0.3) is 21.5 Å². The zero-order valence-corrected chi connectivity index (χ0v) is 18.4. The largest absolute Gasteiger partial charge is 0.506 e. The number of phenols is 1. The van der Waals surface area contributed by atoms with Gasteiger partial charge in [-0.3, -0.25) is 9.11 Å². The van der Waals surface area contributed by atoms with Gasteiger partial charge in [0.25, 0.3) is 20.2 Å². The summed E-state index contributed by atoms with van der Waals surface area (Å²) in [5.41, 5.74) is 0.0915. The summed E-state index contributed by atoms with van der Waals surface area (Å²) in [6.45, 7) is 0. The van der Waals surface area contributed by atoms with Crippen LogP contribution in [-0.2, 0) is 20.2 Å². The van der Waals surface area contributed by atoms with E-state index >= 15 is 0 Å². The van der Waals surface area contributed by atoms with Crippen molar-refractivity contribution in [2.24, 2.45) is 10.2 Å². The molecule has 0 unspecified atom stereocenters.